The van der Waals surface area contributed by atoms with Crippen molar-refractivity contribution in [3.05, 3.63) is 36.0 Å². The van der Waals surface area contributed by atoms with Crippen LogP contribution in [0.5, 0.6) is 0 Å². The Balaban J connectivity index is 2.77. The lowest BCUT2D eigenvalue weighted by molar-refractivity contribution is 0.906. The van der Waals surface area contributed by atoms with E-state index in [0.29, 0.717) is 0 Å². The van der Waals surface area contributed by atoms with Crippen molar-refractivity contribution < 1.29 is 0 Å². The van der Waals surface area contributed by atoms with E-state index in [1.807, 2.05) is 6.08 Å². The summed E-state index contributed by atoms with van der Waals surface area (Å²) >= 11 is 0. The van der Waals surface area contributed by atoms with Gasteiger partial charge in [0.2, 0.25) is 0 Å². The van der Waals surface area contributed by atoms with Crippen LogP contribution in [0.2, 0.25) is 0 Å². The second kappa shape index (κ2) is 3.40. The van der Waals surface area contributed by atoms with Crippen molar-refractivity contribution in [3.8, 4) is 0 Å². The molecule has 0 nitrogen and oxygen atoms in total. The van der Waals surface area contributed by atoms with Crippen molar-refractivity contribution in [3.63, 3.8) is 0 Å². The van der Waals surface area contributed by atoms with Crippen molar-refractivity contribution in [1.82, 2.24) is 0 Å². The fourth-order valence-electron chi connectivity index (χ4n) is 1.42. The molecule has 0 amide bonds. The van der Waals surface area contributed by atoms with Gasteiger partial charge in [0.15, 0.2) is 0 Å². The van der Waals surface area contributed by atoms with E-state index in [1.54, 1.807) is 0 Å². The fourth-order valence-corrected chi connectivity index (χ4v) is 1.42. The number of allylic oxidation sites excluding steroid dienone is 5. The molecule has 0 spiro atoms. The van der Waals surface area contributed by atoms with Gasteiger partial charge in [-0.05, 0) is 37.3 Å². The van der Waals surface area contributed by atoms with Gasteiger partial charge in [0.25, 0.3) is 0 Å². The van der Waals surface area contributed by atoms with Crippen LogP contribution in [0, 0.1) is 0 Å². The highest BCUT2D eigenvalue weighted by Gasteiger charge is 2.07. The largest absolute Gasteiger partial charge is 0.0988 e. The van der Waals surface area contributed by atoms with Gasteiger partial charge in [0, 0.05) is 0 Å². The zero-order valence-electron chi connectivity index (χ0n) is 6.56. The van der Waals surface area contributed by atoms with Crippen LogP contribution in [0.3, 0.4) is 0 Å². The monoisotopic (exact) mass is 134 g/mol. The summed E-state index contributed by atoms with van der Waals surface area (Å²) in [6.45, 7) is 5.84. The van der Waals surface area contributed by atoms with Gasteiger partial charge in [-0.3, -0.25) is 0 Å². The van der Waals surface area contributed by atoms with E-state index >= 15 is 0 Å². The van der Waals surface area contributed by atoms with Gasteiger partial charge in [0.05, 0.1) is 0 Å². The third kappa shape index (κ3) is 1.38. The molecular weight excluding hydrogens is 120 g/mol. The highest BCUT2D eigenvalue weighted by atomic mass is 14.1. The molecule has 0 heterocycles. The quantitative estimate of drug-likeness (QED) is 0.544. The molecule has 0 aromatic rings. The number of hydrogen-bond donors (Lipinski definition) is 0. The molecule has 1 rings (SSSR count). The Hall–Kier alpha value is -0.780. The van der Waals surface area contributed by atoms with E-state index in [2.05, 4.69) is 25.7 Å². The average Bonchev–Trinajstić information content (AvgIpc) is 2.36. The molecule has 0 aromatic heterocycles. The summed E-state index contributed by atoms with van der Waals surface area (Å²) in [5.41, 5.74) is 2.93. The van der Waals surface area contributed by atoms with E-state index in [4.69, 9.17) is 0 Å². The third-order valence-electron chi connectivity index (χ3n) is 1.92. The van der Waals surface area contributed by atoms with Gasteiger partial charge in [-0.15, -0.1) is 0 Å². The topological polar surface area (TPSA) is 0 Å². The molecule has 0 aliphatic heterocycles. The average molecular weight is 134 g/mol. The minimum atomic E-state index is 1.23. The Bertz CT molecular complexity index is 182. The van der Waals surface area contributed by atoms with Crippen molar-refractivity contribution >= 4 is 0 Å². The Labute approximate surface area is 62.9 Å². The first kappa shape index (κ1) is 7.33. The minimum Gasteiger partial charge on any atom is -0.0988 e. The van der Waals surface area contributed by atoms with Crippen LogP contribution in [0.4, 0.5) is 0 Å². The lowest BCUT2D eigenvalue weighted by Crippen LogP contribution is -1.73. The van der Waals surface area contributed by atoms with Crippen LogP contribution >= 0.6 is 0 Å². The van der Waals surface area contributed by atoms with Crippen molar-refractivity contribution in [2.75, 3.05) is 0 Å². The fraction of sp³-hybridized carbons (Fsp3) is 0.400. The van der Waals surface area contributed by atoms with Crippen molar-refractivity contribution in [2.24, 2.45) is 0 Å². The molecule has 0 radical (unpaired) electrons. The van der Waals surface area contributed by atoms with Crippen molar-refractivity contribution in [1.29, 1.82) is 0 Å². The summed E-state index contributed by atoms with van der Waals surface area (Å²) < 4.78 is 0. The molecule has 0 aromatic carbocycles. The molecule has 1 aliphatic rings. The van der Waals surface area contributed by atoms with Gasteiger partial charge in [-0.2, -0.15) is 0 Å². The Morgan fingerprint density at radius 3 is 2.60 bits per heavy atom. The Morgan fingerprint density at radius 1 is 1.30 bits per heavy atom. The Kier molecular flexibility index (Phi) is 2.49. The number of rotatable bonds is 2. The zero-order chi connectivity index (χ0) is 7.40. The van der Waals surface area contributed by atoms with E-state index in [-0.39, 0.29) is 0 Å². The summed E-state index contributed by atoms with van der Waals surface area (Å²) in [6, 6.07) is 0. The van der Waals surface area contributed by atoms with Gasteiger partial charge >= 0.3 is 0 Å². The summed E-state index contributed by atoms with van der Waals surface area (Å²) in [5.74, 6) is 0. The predicted octanol–water partition coefficient (Wildman–Crippen LogP) is 3.23. The third-order valence-corrected chi connectivity index (χ3v) is 1.92. The van der Waals surface area contributed by atoms with Crippen molar-refractivity contribution in [2.45, 2.75) is 26.2 Å². The van der Waals surface area contributed by atoms with Crippen LogP contribution in [-0.2, 0) is 0 Å². The van der Waals surface area contributed by atoms with Crippen LogP contribution in [0.15, 0.2) is 36.0 Å². The normalized spacial score (nSPS) is 18.9. The molecule has 0 fully saturated rings. The lowest BCUT2D eigenvalue weighted by atomic mass is 10.1. The molecule has 0 saturated carbocycles. The minimum absolute atomic E-state index is 1.23. The molecular formula is C10H14. The van der Waals surface area contributed by atoms with E-state index < -0.39 is 0 Å². The molecule has 0 unspecified atom stereocenters. The molecule has 0 heteroatoms. The second-order valence-corrected chi connectivity index (χ2v) is 2.61. The summed E-state index contributed by atoms with van der Waals surface area (Å²) in [5, 5.41) is 0. The molecule has 1 aliphatic carbocycles. The molecule has 0 bridgehead atoms. The molecule has 0 saturated heterocycles. The molecule has 10 heavy (non-hydrogen) atoms. The van der Waals surface area contributed by atoms with E-state index in [0.717, 1.165) is 0 Å². The first-order valence-electron chi connectivity index (χ1n) is 3.85. The van der Waals surface area contributed by atoms with Crippen LogP contribution in [-0.4, -0.2) is 0 Å². The van der Waals surface area contributed by atoms with Crippen LogP contribution in [0.1, 0.15) is 26.2 Å². The second-order valence-electron chi connectivity index (χ2n) is 2.61. The smallest absolute Gasteiger partial charge is 0.0273 e. The maximum Gasteiger partial charge on any atom is -0.0273 e. The SMILES string of the molecule is C=CC1=C(/C=C\C)CCC1. The molecule has 0 atom stereocenters. The zero-order valence-corrected chi connectivity index (χ0v) is 6.56. The van der Waals surface area contributed by atoms with Crippen LogP contribution in [0.25, 0.3) is 0 Å². The summed E-state index contributed by atoms with van der Waals surface area (Å²) in [6.07, 6.45) is 10.1. The van der Waals surface area contributed by atoms with E-state index in [9.17, 15) is 0 Å². The first-order chi connectivity index (χ1) is 4.88. The number of hydrogen-bond acceptors (Lipinski definition) is 0. The Morgan fingerprint density at radius 2 is 2.00 bits per heavy atom. The predicted molar refractivity (Wildman–Crippen MR) is 45.9 cm³/mol. The highest BCUT2D eigenvalue weighted by Crippen LogP contribution is 2.27. The lowest BCUT2D eigenvalue weighted by Gasteiger charge is -1.93. The maximum absolute atomic E-state index is 3.78. The highest BCUT2D eigenvalue weighted by molar-refractivity contribution is 5.35. The maximum atomic E-state index is 3.78. The molecule has 54 valence electrons. The standard InChI is InChI=1S/C10H14/c1-3-6-10-8-5-7-9(10)4-2/h3-4,6H,2,5,7-8H2,1H3/b6-3-. The summed E-state index contributed by atoms with van der Waals surface area (Å²) in [4.78, 5) is 0. The van der Waals surface area contributed by atoms with Gasteiger partial charge in [-0.1, -0.05) is 24.8 Å². The summed E-state index contributed by atoms with van der Waals surface area (Å²) in [7, 11) is 0. The van der Waals surface area contributed by atoms with Gasteiger partial charge in [0.1, 0.15) is 0 Å². The van der Waals surface area contributed by atoms with Crippen LogP contribution < -0.4 is 0 Å². The van der Waals surface area contributed by atoms with Gasteiger partial charge < -0.3 is 0 Å². The van der Waals surface area contributed by atoms with Gasteiger partial charge in [-0.25, -0.2) is 0 Å². The first-order valence-corrected chi connectivity index (χ1v) is 3.85. The molecule has 0 N–H and O–H groups in total. The van der Waals surface area contributed by atoms with E-state index in [1.165, 1.54) is 30.4 Å².